The minimum Gasteiger partial charge on any atom is -0.379 e. The van der Waals surface area contributed by atoms with Crippen LogP contribution in [0.2, 0.25) is 5.02 Å². The number of amides is 2. The molecule has 0 radical (unpaired) electrons. The molecule has 2 aliphatic rings. The van der Waals surface area contributed by atoms with Gasteiger partial charge < -0.3 is 14.6 Å². The number of ether oxygens (including phenoxy) is 1. The topological polar surface area (TPSA) is 82.9 Å². The Morgan fingerprint density at radius 2 is 1.91 bits per heavy atom. The summed E-state index contributed by atoms with van der Waals surface area (Å²) in [5.74, 6) is 1.08. The number of carbonyl (C=O) groups excluding carboxylic acids is 2. The SMILES string of the molecule is CC(C)NC(=O)Cn1cc(N2CCN(CCN3CCOCC3)CC2=O)nc1-c1cccc(Cl)c1. The fraction of sp³-hybridized carbons (Fsp3) is 0.542. The second kappa shape index (κ2) is 11.3. The van der Waals surface area contributed by atoms with Crippen LogP contribution in [0.15, 0.2) is 30.5 Å². The molecule has 1 N–H and O–H groups in total. The van der Waals surface area contributed by atoms with Gasteiger partial charge in [-0.15, -0.1) is 0 Å². The molecular formula is C24H33ClN6O3. The highest BCUT2D eigenvalue weighted by molar-refractivity contribution is 6.30. The molecule has 2 aliphatic heterocycles. The number of imidazole rings is 1. The molecule has 2 amide bonds. The summed E-state index contributed by atoms with van der Waals surface area (Å²) in [5, 5.41) is 3.50. The van der Waals surface area contributed by atoms with Crippen LogP contribution in [0.25, 0.3) is 11.4 Å². The molecule has 3 heterocycles. The van der Waals surface area contributed by atoms with Crippen LogP contribution >= 0.6 is 11.6 Å². The second-order valence-corrected chi connectivity index (χ2v) is 9.50. The standard InChI is InChI=1S/C24H33ClN6O3/c1-18(2)26-22(32)16-30-15-21(27-24(30)19-4-3-5-20(25)14-19)31-9-8-29(17-23(31)33)7-6-28-10-12-34-13-11-28/h3-5,14-15,18H,6-13,16-17H2,1-2H3,(H,26,32). The van der Waals surface area contributed by atoms with Gasteiger partial charge in [-0.2, -0.15) is 0 Å². The Balaban J connectivity index is 1.47. The number of carbonyl (C=O) groups is 2. The first-order valence-corrected chi connectivity index (χ1v) is 12.2. The number of morpholine rings is 1. The number of piperazine rings is 1. The Morgan fingerprint density at radius 1 is 1.15 bits per heavy atom. The number of aromatic nitrogens is 2. The molecule has 4 rings (SSSR count). The zero-order valence-electron chi connectivity index (χ0n) is 19.9. The molecule has 0 spiro atoms. The third-order valence-corrected chi connectivity index (χ3v) is 6.26. The van der Waals surface area contributed by atoms with Crippen LogP contribution in [0.3, 0.4) is 0 Å². The smallest absolute Gasteiger partial charge is 0.242 e. The maximum absolute atomic E-state index is 13.0. The Morgan fingerprint density at radius 3 is 2.62 bits per heavy atom. The predicted molar refractivity (Wildman–Crippen MR) is 132 cm³/mol. The van der Waals surface area contributed by atoms with Crippen LogP contribution in [-0.2, 0) is 20.9 Å². The molecule has 9 nitrogen and oxygen atoms in total. The summed E-state index contributed by atoms with van der Waals surface area (Å²) in [7, 11) is 0. The highest BCUT2D eigenvalue weighted by atomic mass is 35.5. The minimum atomic E-state index is -0.110. The van der Waals surface area contributed by atoms with E-state index in [1.165, 1.54) is 0 Å². The number of hydrogen-bond donors (Lipinski definition) is 1. The first kappa shape index (κ1) is 24.7. The number of benzene rings is 1. The van der Waals surface area contributed by atoms with Gasteiger partial charge in [0.25, 0.3) is 0 Å². The molecule has 0 aliphatic carbocycles. The van der Waals surface area contributed by atoms with E-state index in [4.69, 9.17) is 21.3 Å². The molecular weight excluding hydrogens is 456 g/mol. The number of nitrogens with zero attached hydrogens (tertiary/aromatic N) is 5. The molecule has 0 unspecified atom stereocenters. The highest BCUT2D eigenvalue weighted by Gasteiger charge is 2.28. The summed E-state index contributed by atoms with van der Waals surface area (Å²) < 4.78 is 7.20. The van der Waals surface area contributed by atoms with Gasteiger partial charge in [0.15, 0.2) is 5.82 Å². The van der Waals surface area contributed by atoms with Crippen LogP contribution in [0, 0.1) is 0 Å². The molecule has 34 heavy (non-hydrogen) atoms. The molecule has 184 valence electrons. The van der Waals surface area contributed by atoms with Gasteiger partial charge >= 0.3 is 0 Å². The molecule has 1 aromatic carbocycles. The van der Waals surface area contributed by atoms with Crippen molar-refractivity contribution in [1.29, 1.82) is 0 Å². The van der Waals surface area contributed by atoms with Crippen molar-refractivity contribution in [1.82, 2.24) is 24.7 Å². The summed E-state index contributed by atoms with van der Waals surface area (Å²) in [4.78, 5) is 36.6. The van der Waals surface area contributed by atoms with Gasteiger partial charge in [-0.3, -0.25) is 24.3 Å². The van der Waals surface area contributed by atoms with Crippen molar-refractivity contribution in [3.05, 3.63) is 35.5 Å². The van der Waals surface area contributed by atoms with Gasteiger partial charge in [0.2, 0.25) is 11.8 Å². The Kier molecular flexibility index (Phi) is 8.20. The van der Waals surface area contributed by atoms with E-state index in [0.29, 0.717) is 29.8 Å². The van der Waals surface area contributed by atoms with Crippen molar-refractivity contribution in [2.45, 2.75) is 26.4 Å². The fourth-order valence-electron chi connectivity index (χ4n) is 4.30. The number of hydrogen-bond acceptors (Lipinski definition) is 6. The maximum atomic E-state index is 13.0. The van der Waals surface area contributed by atoms with Gasteiger partial charge in [-0.25, -0.2) is 4.98 Å². The van der Waals surface area contributed by atoms with E-state index in [1.54, 1.807) is 21.7 Å². The Hall–Kier alpha value is -2.46. The summed E-state index contributed by atoms with van der Waals surface area (Å²) in [6, 6.07) is 7.40. The Labute approximate surface area is 205 Å². The van der Waals surface area contributed by atoms with Gasteiger partial charge in [-0.05, 0) is 26.0 Å². The number of nitrogens with one attached hydrogen (secondary N) is 1. The van der Waals surface area contributed by atoms with Crippen molar-refractivity contribution >= 4 is 29.2 Å². The van der Waals surface area contributed by atoms with Gasteiger partial charge in [-0.1, -0.05) is 23.7 Å². The lowest BCUT2D eigenvalue weighted by Gasteiger charge is -2.35. The summed E-state index contributed by atoms with van der Waals surface area (Å²) >= 11 is 6.21. The molecule has 0 saturated carbocycles. The monoisotopic (exact) mass is 488 g/mol. The first-order chi connectivity index (χ1) is 16.4. The fourth-order valence-corrected chi connectivity index (χ4v) is 4.49. The van der Waals surface area contributed by atoms with Crippen molar-refractivity contribution in [3.8, 4) is 11.4 Å². The van der Waals surface area contributed by atoms with Gasteiger partial charge in [0, 0.05) is 62.1 Å². The molecule has 1 aromatic heterocycles. The molecule has 0 bridgehead atoms. The van der Waals surface area contributed by atoms with Crippen molar-refractivity contribution < 1.29 is 14.3 Å². The van der Waals surface area contributed by atoms with Crippen LogP contribution < -0.4 is 10.2 Å². The molecule has 2 saturated heterocycles. The zero-order valence-corrected chi connectivity index (χ0v) is 20.6. The van der Waals surface area contributed by atoms with Gasteiger partial charge in [0.1, 0.15) is 12.4 Å². The first-order valence-electron chi connectivity index (χ1n) is 11.8. The largest absolute Gasteiger partial charge is 0.379 e. The van der Waals surface area contributed by atoms with E-state index < -0.39 is 0 Å². The number of halogens is 1. The van der Waals surface area contributed by atoms with E-state index in [2.05, 4.69) is 15.1 Å². The lowest BCUT2D eigenvalue weighted by molar-refractivity contribution is -0.122. The number of anilines is 1. The minimum absolute atomic E-state index is 0.0159. The van der Waals surface area contributed by atoms with Crippen LogP contribution in [0.1, 0.15) is 13.8 Å². The maximum Gasteiger partial charge on any atom is 0.242 e. The van der Waals surface area contributed by atoms with Crippen LogP contribution in [-0.4, -0.2) is 96.2 Å². The third-order valence-electron chi connectivity index (χ3n) is 6.02. The van der Waals surface area contributed by atoms with E-state index in [-0.39, 0.29) is 24.4 Å². The van der Waals surface area contributed by atoms with Crippen LogP contribution in [0.5, 0.6) is 0 Å². The second-order valence-electron chi connectivity index (χ2n) is 9.06. The summed E-state index contributed by atoms with van der Waals surface area (Å²) in [6.07, 6.45) is 1.79. The van der Waals surface area contributed by atoms with Crippen LogP contribution in [0.4, 0.5) is 5.82 Å². The Bertz CT molecular complexity index is 1000. The van der Waals surface area contributed by atoms with Crippen molar-refractivity contribution in [2.75, 3.05) is 63.9 Å². The predicted octanol–water partition coefficient (Wildman–Crippen LogP) is 1.71. The average Bonchev–Trinajstić information content (AvgIpc) is 3.21. The quantitative estimate of drug-likeness (QED) is 0.609. The highest BCUT2D eigenvalue weighted by Crippen LogP contribution is 2.26. The summed E-state index contributed by atoms with van der Waals surface area (Å²) in [5.41, 5.74) is 0.799. The lowest BCUT2D eigenvalue weighted by Crippen LogP contribution is -2.52. The lowest BCUT2D eigenvalue weighted by atomic mass is 10.2. The van der Waals surface area contributed by atoms with E-state index in [9.17, 15) is 9.59 Å². The number of rotatable bonds is 8. The summed E-state index contributed by atoms with van der Waals surface area (Å²) in [6.45, 7) is 10.9. The molecule has 10 heteroatoms. The molecule has 2 fully saturated rings. The normalized spacial score (nSPS) is 18.0. The van der Waals surface area contributed by atoms with Gasteiger partial charge in [0.05, 0.1) is 19.8 Å². The zero-order chi connectivity index (χ0) is 24.1. The van der Waals surface area contributed by atoms with E-state index >= 15 is 0 Å². The molecule has 2 aromatic rings. The van der Waals surface area contributed by atoms with E-state index in [1.807, 2.05) is 32.0 Å². The van der Waals surface area contributed by atoms with E-state index in [0.717, 1.165) is 51.5 Å². The average molecular weight is 489 g/mol. The third kappa shape index (κ3) is 6.35. The van der Waals surface area contributed by atoms with Crippen molar-refractivity contribution in [3.63, 3.8) is 0 Å². The van der Waals surface area contributed by atoms with Crippen molar-refractivity contribution in [2.24, 2.45) is 0 Å². The molecule has 0 atom stereocenters.